The van der Waals surface area contributed by atoms with E-state index in [9.17, 15) is 0 Å². The van der Waals surface area contributed by atoms with Gasteiger partial charge in [-0.15, -0.1) is 0 Å². The molecule has 0 bridgehead atoms. The van der Waals surface area contributed by atoms with Gasteiger partial charge in [0.25, 0.3) is 0 Å². The predicted octanol–water partition coefficient (Wildman–Crippen LogP) is 3.61. The first-order valence-corrected chi connectivity index (χ1v) is 9.30. The van der Waals surface area contributed by atoms with Gasteiger partial charge in [0, 0.05) is 50.5 Å². The first-order chi connectivity index (χ1) is 12.7. The summed E-state index contributed by atoms with van der Waals surface area (Å²) in [5.74, 6) is 0.911. The van der Waals surface area contributed by atoms with Gasteiger partial charge in [0.1, 0.15) is 12.4 Å². The molecule has 1 aliphatic heterocycles. The van der Waals surface area contributed by atoms with Crippen LogP contribution in [-0.2, 0) is 13.1 Å². The van der Waals surface area contributed by atoms with Crippen molar-refractivity contribution < 1.29 is 4.74 Å². The van der Waals surface area contributed by atoms with Crippen LogP contribution < -0.4 is 10.1 Å². The molecule has 1 saturated heterocycles. The summed E-state index contributed by atoms with van der Waals surface area (Å²) in [7, 11) is 2.19. The Labute approximate surface area is 157 Å². The van der Waals surface area contributed by atoms with E-state index in [-0.39, 0.29) is 0 Å². The molecule has 2 aromatic carbocycles. The number of likely N-dealkylation sites (N-methyl/N-ethyl adjacent to an activating group) is 1. The molecule has 0 atom stereocenters. The Morgan fingerprint density at radius 1 is 1.08 bits per heavy atom. The van der Waals surface area contributed by atoms with Crippen LogP contribution in [-0.4, -0.2) is 49.6 Å². The molecule has 0 aliphatic carbocycles. The molecule has 26 heavy (non-hydrogen) atoms. The van der Waals surface area contributed by atoms with Crippen molar-refractivity contribution in [1.82, 2.24) is 9.80 Å². The highest BCUT2D eigenvalue weighted by Gasteiger charge is 2.13. The minimum absolute atomic E-state index is 0.525. The van der Waals surface area contributed by atoms with E-state index in [0.717, 1.165) is 56.3 Å². The third-order valence-corrected chi connectivity index (χ3v) is 4.74. The molecule has 0 amide bonds. The topological polar surface area (TPSA) is 27.7 Å². The highest BCUT2D eigenvalue weighted by molar-refractivity contribution is 5.47. The van der Waals surface area contributed by atoms with Crippen molar-refractivity contribution in [2.75, 3.05) is 45.2 Å². The second-order valence-corrected chi connectivity index (χ2v) is 6.84. The van der Waals surface area contributed by atoms with E-state index in [2.05, 4.69) is 59.1 Å². The van der Waals surface area contributed by atoms with E-state index in [4.69, 9.17) is 4.74 Å². The Hall–Kier alpha value is -2.30. The lowest BCUT2D eigenvalue weighted by atomic mass is 10.1. The minimum atomic E-state index is 0.525. The van der Waals surface area contributed by atoms with Crippen molar-refractivity contribution in [3.63, 3.8) is 0 Å². The highest BCUT2D eigenvalue weighted by atomic mass is 16.5. The zero-order valence-electron chi connectivity index (χ0n) is 15.7. The molecule has 0 spiro atoms. The maximum Gasteiger partial charge on any atom is 0.124 e. The van der Waals surface area contributed by atoms with Gasteiger partial charge >= 0.3 is 0 Å². The summed E-state index contributed by atoms with van der Waals surface area (Å²) in [5, 5.41) is 3.53. The summed E-state index contributed by atoms with van der Waals surface area (Å²) in [6.45, 7) is 10.6. The van der Waals surface area contributed by atoms with Crippen LogP contribution >= 0.6 is 0 Å². The van der Waals surface area contributed by atoms with E-state index >= 15 is 0 Å². The van der Waals surface area contributed by atoms with Crippen LogP contribution in [0.4, 0.5) is 5.69 Å². The summed E-state index contributed by atoms with van der Waals surface area (Å²) >= 11 is 0. The van der Waals surface area contributed by atoms with Crippen LogP contribution in [0.15, 0.2) is 61.2 Å². The lowest BCUT2D eigenvalue weighted by Crippen LogP contribution is -2.43. The smallest absolute Gasteiger partial charge is 0.124 e. The number of rotatable bonds is 8. The van der Waals surface area contributed by atoms with Gasteiger partial charge in [0.15, 0.2) is 0 Å². The Morgan fingerprint density at radius 3 is 2.69 bits per heavy atom. The molecule has 0 unspecified atom stereocenters. The van der Waals surface area contributed by atoms with Crippen LogP contribution in [0.25, 0.3) is 0 Å². The second kappa shape index (κ2) is 9.41. The fraction of sp³-hybridized carbons (Fsp3) is 0.364. The Bertz CT molecular complexity index is 708. The molecule has 0 radical (unpaired) electrons. The van der Waals surface area contributed by atoms with Gasteiger partial charge in [-0.25, -0.2) is 0 Å². The Morgan fingerprint density at radius 2 is 1.88 bits per heavy atom. The van der Waals surface area contributed by atoms with Gasteiger partial charge in [0.05, 0.1) is 0 Å². The normalized spacial score (nSPS) is 15.6. The second-order valence-electron chi connectivity index (χ2n) is 6.84. The van der Waals surface area contributed by atoms with Crippen molar-refractivity contribution in [3.8, 4) is 5.75 Å². The average molecular weight is 351 g/mol. The van der Waals surface area contributed by atoms with E-state index in [1.807, 2.05) is 18.2 Å². The molecule has 0 aromatic heterocycles. The molecule has 2 aromatic rings. The SMILES string of the molecule is C=CCOc1ccccc1CNc1cccc(CN2CCN(C)CC2)c1. The maximum absolute atomic E-state index is 5.74. The number of piperazine rings is 1. The molecule has 3 rings (SSSR count). The number of ether oxygens (including phenoxy) is 1. The van der Waals surface area contributed by atoms with Crippen LogP contribution in [0.5, 0.6) is 5.75 Å². The number of hydrogen-bond donors (Lipinski definition) is 1. The minimum Gasteiger partial charge on any atom is -0.489 e. The number of hydrogen-bond acceptors (Lipinski definition) is 4. The van der Waals surface area contributed by atoms with Gasteiger partial charge in [0.2, 0.25) is 0 Å². The molecule has 4 heteroatoms. The van der Waals surface area contributed by atoms with Crippen molar-refractivity contribution in [2.24, 2.45) is 0 Å². The first-order valence-electron chi connectivity index (χ1n) is 9.30. The molecule has 1 heterocycles. The van der Waals surface area contributed by atoms with Crippen LogP contribution in [0.3, 0.4) is 0 Å². The van der Waals surface area contributed by atoms with E-state index < -0.39 is 0 Å². The molecule has 1 fully saturated rings. The fourth-order valence-electron chi connectivity index (χ4n) is 3.18. The van der Waals surface area contributed by atoms with Gasteiger partial charge in [-0.05, 0) is 30.8 Å². The number of para-hydroxylation sites is 1. The lowest BCUT2D eigenvalue weighted by Gasteiger charge is -2.32. The molecule has 1 aliphatic rings. The third-order valence-electron chi connectivity index (χ3n) is 4.74. The zero-order valence-corrected chi connectivity index (χ0v) is 15.7. The Kier molecular flexibility index (Phi) is 6.69. The van der Waals surface area contributed by atoms with E-state index in [0.29, 0.717) is 6.61 Å². The standard InChI is InChI=1S/C22H29N3O/c1-3-15-26-22-10-5-4-8-20(22)17-23-21-9-6-7-19(16-21)18-25-13-11-24(2)12-14-25/h3-10,16,23H,1,11-15,17-18H2,2H3. The van der Waals surface area contributed by atoms with Crippen molar-refractivity contribution >= 4 is 5.69 Å². The first kappa shape index (κ1) is 18.5. The average Bonchev–Trinajstić information content (AvgIpc) is 2.67. The van der Waals surface area contributed by atoms with Gasteiger partial charge in [-0.1, -0.05) is 43.0 Å². The van der Waals surface area contributed by atoms with Crippen LogP contribution in [0.2, 0.25) is 0 Å². The summed E-state index contributed by atoms with van der Waals surface area (Å²) in [4.78, 5) is 4.91. The van der Waals surface area contributed by atoms with Gasteiger partial charge in [-0.3, -0.25) is 4.90 Å². The number of anilines is 1. The largest absolute Gasteiger partial charge is 0.489 e. The highest BCUT2D eigenvalue weighted by Crippen LogP contribution is 2.20. The Balaban J connectivity index is 1.58. The van der Waals surface area contributed by atoms with Crippen LogP contribution in [0.1, 0.15) is 11.1 Å². The number of nitrogens with zero attached hydrogens (tertiary/aromatic N) is 2. The third kappa shape index (κ3) is 5.35. The van der Waals surface area contributed by atoms with Crippen molar-refractivity contribution in [2.45, 2.75) is 13.1 Å². The van der Waals surface area contributed by atoms with E-state index in [1.54, 1.807) is 6.08 Å². The molecule has 4 nitrogen and oxygen atoms in total. The zero-order chi connectivity index (χ0) is 18.2. The van der Waals surface area contributed by atoms with Crippen molar-refractivity contribution in [1.29, 1.82) is 0 Å². The summed E-state index contributed by atoms with van der Waals surface area (Å²) < 4.78 is 5.74. The molecule has 138 valence electrons. The number of benzene rings is 2. The monoisotopic (exact) mass is 351 g/mol. The summed E-state index contributed by atoms with van der Waals surface area (Å²) in [6.07, 6.45) is 1.77. The van der Waals surface area contributed by atoms with E-state index in [1.165, 1.54) is 5.56 Å². The predicted molar refractivity (Wildman–Crippen MR) is 109 cm³/mol. The quantitative estimate of drug-likeness (QED) is 0.735. The molecule has 0 saturated carbocycles. The lowest BCUT2D eigenvalue weighted by molar-refractivity contribution is 0.148. The summed E-state index contributed by atoms with van der Waals surface area (Å²) in [6, 6.07) is 16.9. The summed E-state index contributed by atoms with van der Waals surface area (Å²) in [5.41, 5.74) is 3.66. The molecular weight excluding hydrogens is 322 g/mol. The fourth-order valence-corrected chi connectivity index (χ4v) is 3.18. The molecular formula is C22H29N3O. The van der Waals surface area contributed by atoms with Gasteiger partial charge in [-0.2, -0.15) is 0 Å². The maximum atomic E-state index is 5.74. The molecule has 1 N–H and O–H groups in total. The number of nitrogens with one attached hydrogen (secondary N) is 1. The van der Waals surface area contributed by atoms with Crippen LogP contribution in [0, 0.1) is 0 Å². The van der Waals surface area contributed by atoms with Gasteiger partial charge < -0.3 is 15.0 Å². The van der Waals surface area contributed by atoms with Crippen molar-refractivity contribution in [3.05, 3.63) is 72.3 Å².